The molecule has 3 fully saturated rings. The van der Waals surface area contributed by atoms with E-state index in [-0.39, 0.29) is 17.9 Å². The first-order valence-corrected chi connectivity index (χ1v) is 24.8. The maximum atomic E-state index is 15.8. The van der Waals surface area contributed by atoms with Gasteiger partial charge in [-0.15, -0.1) is 0 Å². The van der Waals surface area contributed by atoms with Crippen LogP contribution in [-0.4, -0.2) is 141 Å². The van der Waals surface area contributed by atoms with Crippen LogP contribution in [-0.2, 0) is 45.8 Å². The minimum Gasteiger partial charge on any atom is -0.496 e. The number of benzene rings is 3. The predicted molar refractivity (Wildman–Crippen MR) is 263 cm³/mol. The zero-order valence-corrected chi connectivity index (χ0v) is 41.9. The van der Waals surface area contributed by atoms with Gasteiger partial charge in [0, 0.05) is 96.5 Å². The molecule has 3 N–H and O–H groups in total. The number of fused-ring (bicyclic) bond motifs is 6. The molecule has 1 aliphatic carbocycles. The number of amides is 1. The van der Waals surface area contributed by atoms with Crippen molar-refractivity contribution >= 4 is 40.4 Å². The Morgan fingerprint density at radius 3 is 2.34 bits per heavy atom. The summed E-state index contributed by atoms with van der Waals surface area (Å²) in [6.07, 6.45) is 5.92. The van der Waals surface area contributed by atoms with Crippen LogP contribution in [0.3, 0.4) is 0 Å². The molecule has 10 rings (SSSR count). The van der Waals surface area contributed by atoms with Gasteiger partial charge in [0.05, 0.1) is 40.0 Å². The number of nitrogens with one attached hydrogen (secondary N) is 2. The Balaban J connectivity index is 1.20. The number of aromatic nitrogens is 1. The van der Waals surface area contributed by atoms with Crippen molar-refractivity contribution < 1.29 is 48.0 Å². The summed E-state index contributed by atoms with van der Waals surface area (Å²) < 4.78 is 29.9. The molecule has 372 valence electrons. The molecule has 4 aromatic rings. The molecule has 10 atom stereocenters. The molecule has 3 aromatic carbocycles. The van der Waals surface area contributed by atoms with Crippen LogP contribution < -0.4 is 19.7 Å². The molecule has 6 heterocycles. The number of aromatic amines is 1. The number of hydrogen-bond donors (Lipinski definition) is 3. The normalized spacial score (nSPS) is 32.8. The van der Waals surface area contributed by atoms with Gasteiger partial charge < -0.3 is 48.9 Å². The summed E-state index contributed by atoms with van der Waals surface area (Å²) in [7, 11) is 7.76. The molecule has 1 unspecified atom stereocenters. The number of esters is 3. The summed E-state index contributed by atoms with van der Waals surface area (Å²) in [5.41, 5.74) is -0.210. The maximum Gasteiger partial charge on any atom is 0.344 e. The van der Waals surface area contributed by atoms with Gasteiger partial charge in [-0.05, 0) is 98.9 Å². The molecule has 2 saturated heterocycles. The third-order valence-electron chi connectivity index (χ3n) is 17.7. The van der Waals surface area contributed by atoms with Crippen molar-refractivity contribution in [1.82, 2.24) is 20.1 Å². The second kappa shape index (κ2) is 17.2. The first-order valence-electron chi connectivity index (χ1n) is 24.8. The number of nitrogens with zero attached hydrogens (tertiary/aromatic N) is 3. The number of ether oxygens (including phenoxy) is 5. The molecule has 1 saturated carbocycles. The van der Waals surface area contributed by atoms with E-state index in [4.69, 9.17) is 23.7 Å². The van der Waals surface area contributed by atoms with Crippen molar-refractivity contribution in [3.8, 4) is 11.5 Å². The van der Waals surface area contributed by atoms with Crippen LogP contribution in [0.4, 0.5) is 5.69 Å². The molecule has 5 aliphatic heterocycles. The molecular formula is C55H67N5O10. The number of carbonyl (C=O) groups is 4. The smallest absolute Gasteiger partial charge is 0.344 e. The van der Waals surface area contributed by atoms with Crippen molar-refractivity contribution in [3.05, 3.63) is 100 Å². The Kier molecular flexibility index (Phi) is 11.7. The molecule has 70 heavy (non-hydrogen) atoms. The Hall–Kier alpha value is -5.90. The van der Waals surface area contributed by atoms with Gasteiger partial charge in [0.25, 0.3) is 5.91 Å². The van der Waals surface area contributed by atoms with E-state index >= 15 is 4.79 Å². The van der Waals surface area contributed by atoms with Crippen LogP contribution in [0.1, 0.15) is 91.2 Å². The van der Waals surface area contributed by atoms with Crippen molar-refractivity contribution in [2.75, 3.05) is 73.1 Å². The average molecular weight is 958 g/mol. The number of carbonyl (C=O) groups excluding carboxylic acids is 4. The zero-order valence-electron chi connectivity index (χ0n) is 41.9. The fourth-order valence-electron chi connectivity index (χ4n) is 15.0. The number of para-hydroxylation sites is 1. The molecule has 1 aromatic heterocycles. The van der Waals surface area contributed by atoms with E-state index in [1.165, 1.54) is 21.1 Å². The van der Waals surface area contributed by atoms with Gasteiger partial charge in [0.15, 0.2) is 6.10 Å². The fourth-order valence-corrected chi connectivity index (χ4v) is 15.0. The fraction of sp³-hybridized carbons (Fsp3) is 0.527. The zero-order chi connectivity index (χ0) is 49.7. The number of rotatable bonds is 10. The van der Waals surface area contributed by atoms with Crippen LogP contribution in [0.5, 0.6) is 11.5 Å². The third-order valence-corrected chi connectivity index (χ3v) is 17.7. The van der Waals surface area contributed by atoms with Crippen molar-refractivity contribution in [2.45, 2.75) is 106 Å². The molecule has 15 heteroatoms. The highest BCUT2D eigenvalue weighted by molar-refractivity contribution is 5.96. The van der Waals surface area contributed by atoms with E-state index in [9.17, 15) is 19.5 Å². The summed E-state index contributed by atoms with van der Waals surface area (Å²) in [5, 5.41) is 18.0. The van der Waals surface area contributed by atoms with E-state index < -0.39 is 57.4 Å². The van der Waals surface area contributed by atoms with Gasteiger partial charge in [-0.3, -0.25) is 19.3 Å². The van der Waals surface area contributed by atoms with Gasteiger partial charge in [-0.2, -0.15) is 0 Å². The van der Waals surface area contributed by atoms with E-state index in [0.717, 1.165) is 39.0 Å². The lowest BCUT2D eigenvalue weighted by Gasteiger charge is -2.63. The predicted octanol–water partition coefficient (Wildman–Crippen LogP) is 5.75. The van der Waals surface area contributed by atoms with Crippen molar-refractivity contribution in [3.63, 3.8) is 0 Å². The largest absolute Gasteiger partial charge is 0.496 e. The lowest BCUT2D eigenvalue weighted by Crippen LogP contribution is -2.81. The number of hydrogen-bond acceptors (Lipinski definition) is 13. The summed E-state index contributed by atoms with van der Waals surface area (Å²) in [6, 6.07) is 16.4. The molecule has 6 aliphatic rings. The highest BCUT2D eigenvalue weighted by atomic mass is 16.6. The van der Waals surface area contributed by atoms with E-state index in [1.54, 1.807) is 20.3 Å². The maximum absolute atomic E-state index is 15.8. The Morgan fingerprint density at radius 2 is 1.64 bits per heavy atom. The number of likely N-dealkylation sites (N-methyl/N-ethyl adjacent to an activating group) is 1. The standard InChI is InChI=1S/C55H67N5O10/c1-10-51(57-45(62)35-18-17-32(3)42(25-35)66-6)28-34-29-54(49(63)68-8,44-37(19-23-59(30-34)31-51)36-15-12-13-16-40(36)56-44)39-26-38-41(27-43(39)67-7)58(5)47-53(38)21-24-60-22-14-20-52(11-2,46(53)60)48(70-33(4)61)55(47,65)50(64)69-9/h12-18,20,25-27,34,46-48,56,65H,10-11,19,21-24,28-31H2,1-9H3,(H,57,62)/t34-,46+,47-,48-,51+,52-,53-,54+,55+/m1/s1. The first kappa shape index (κ1) is 47.8. The Labute approximate surface area is 409 Å². The molecule has 2 bridgehead atoms. The molecular weight excluding hydrogens is 891 g/mol. The third kappa shape index (κ3) is 6.55. The SMILES string of the molecule is CC[C@]1(NC(=O)c2ccc(C)c(OC)c2)C[C@H]2CN(CCc3c([nH]c4ccccc34)[C@@](C(=O)OC)(c3cc4c(cc3OC)N(C)[C@H]3[C@@](O)(C(=O)OC)[C@H](OC(C)=O)[C@]5(CC)C=CCN6CC[C@]43[C@@H]65)C2)C1. The Morgan fingerprint density at radius 1 is 0.886 bits per heavy atom. The number of methoxy groups -OCH3 is 4. The number of aryl methyl sites for hydroxylation is 1. The van der Waals surface area contributed by atoms with Crippen LogP contribution in [0.2, 0.25) is 0 Å². The summed E-state index contributed by atoms with van der Waals surface area (Å²) in [5.74, 6) is -1.23. The highest BCUT2D eigenvalue weighted by Crippen LogP contribution is 2.68. The van der Waals surface area contributed by atoms with Gasteiger partial charge in [-0.1, -0.05) is 50.3 Å². The second-order valence-electron chi connectivity index (χ2n) is 20.9. The lowest BCUT2D eigenvalue weighted by atomic mass is 9.47. The average Bonchev–Trinajstić information content (AvgIpc) is 4.03. The topological polar surface area (TPSA) is 172 Å². The van der Waals surface area contributed by atoms with E-state index in [0.29, 0.717) is 93.9 Å². The van der Waals surface area contributed by atoms with Crippen LogP contribution in [0.15, 0.2) is 66.7 Å². The van der Waals surface area contributed by atoms with Crippen molar-refractivity contribution in [1.29, 1.82) is 0 Å². The Bertz CT molecular complexity index is 2830. The van der Waals surface area contributed by atoms with Gasteiger partial charge >= 0.3 is 17.9 Å². The van der Waals surface area contributed by atoms with Crippen LogP contribution in [0, 0.1) is 18.3 Å². The van der Waals surface area contributed by atoms with Gasteiger partial charge in [0.1, 0.15) is 16.9 Å². The summed E-state index contributed by atoms with van der Waals surface area (Å²) >= 11 is 0. The summed E-state index contributed by atoms with van der Waals surface area (Å²) in [4.78, 5) is 68.4. The number of piperidine rings is 1. The molecule has 15 nitrogen and oxygen atoms in total. The lowest BCUT2D eigenvalue weighted by molar-refractivity contribution is -0.228. The highest BCUT2D eigenvalue weighted by Gasteiger charge is 2.80. The van der Waals surface area contributed by atoms with Gasteiger partial charge in [0.2, 0.25) is 5.60 Å². The van der Waals surface area contributed by atoms with Crippen LogP contribution in [0.25, 0.3) is 10.9 Å². The second-order valence-corrected chi connectivity index (χ2v) is 20.9. The number of H-pyrrole nitrogens is 1. The number of anilines is 1. The van der Waals surface area contributed by atoms with Crippen LogP contribution >= 0.6 is 0 Å². The first-order chi connectivity index (χ1) is 33.6. The molecule has 1 spiro atoms. The number of aliphatic hydroxyl groups is 1. The quantitative estimate of drug-likeness (QED) is 0.0999. The minimum absolute atomic E-state index is 0.147. The molecule has 1 amide bonds. The monoisotopic (exact) mass is 957 g/mol. The van der Waals surface area contributed by atoms with E-state index in [2.05, 4.69) is 51.3 Å². The summed E-state index contributed by atoms with van der Waals surface area (Å²) in [6.45, 7) is 10.6. The van der Waals surface area contributed by atoms with E-state index in [1.807, 2.05) is 62.2 Å². The minimum atomic E-state index is -2.34. The molecule has 0 radical (unpaired) electrons. The van der Waals surface area contributed by atoms with Crippen molar-refractivity contribution in [2.24, 2.45) is 11.3 Å². The van der Waals surface area contributed by atoms with Gasteiger partial charge in [-0.25, -0.2) is 4.79 Å².